The highest BCUT2D eigenvalue weighted by molar-refractivity contribution is 5.58. The molecule has 122 valence electrons. The van der Waals surface area contributed by atoms with Crippen LogP contribution < -0.4 is 5.32 Å². The topological polar surface area (TPSA) is 70.9 Å². The third-order valence-corrected chi connectivity index (χ3v) is 4.79. The van der Waals surface area contributed by atoms with Crippen molar-refractivity contribution in [3.63, 3.8) is 0 Å². The lowest BCUT2D eigenvalue weighted by Gasteiger charge is -2.22. The number of nitrogens with zero attached hydrogens (tertiary/aromatic N) is 3. The average molecular weight is 312 g/mol. The summed E-state index contributed by atoms with van der Waals surface area (Å²) >= 11 is 0. The average Bonchev–Trinajstić information content (AvgIpc) is 3.00. The lowest BCUT2D eigenvalue weighted by molar-refractivity contribution is 0.254. The van der Waals surface area contributed by atoms with Gasteiger partial charge in [0.25, 0.3) is 0 Å². The molecule has 2 heterocycles. The van der Waals surface area contributed by atoms with Crippen molar-refractivity contribution in [2.24, 2.45) is 5.92 Å². The predicted molar refractivity (Wildman–Crippen MR) is 91.2 cm³/mol. The number of nitrogens with one attached hydrogen (secondary N) is 1. The molecule has 2 unspecified atom stereocenters. The first kappa shape index (κ1) is 15.9. The van der Waals surface area contributed by atoms with Crippen molar-refractivity contribution < 1.29 is 5.11 Å². The summed E-state index contributed by atoms with van der Waals surface area (Å²) in [5.74, 6) is 2.14. The van der Waals surface area contributed by atoms with Crippen LogP contribution in [0.3, 0.4) is 0 Å². The number of hydrogen-bond acceptors (Lipinski definition) is 5. The summed E-state index contributed by atoms with van der Waals surface area (Å²) in [4.78, 5) is 13.5. The maximum absolute atomic E-state index is 9.24. The fourth-order valence-electron chi connectivity index (χ4n) is 3.31. The fraction of sp³-hybridized carbons (Fsp3) is 0.500. The zero-order valence-corrected chi connectivity index (χ0v) is 13.8. The number of aliphatic hydroxyl groups excluding tert-OH is 1. The van der Waals surface area contributed by atoms with Crippen LogP contribution in [-0.4, -0.2) is 32.7 Å². The Balaban J connectivity index is 1.88. The molecule has 3 rings (SSSR count). The van der Waals surface area contributed by atoms with Crippen LogP contribution >= 0.6 is 0 Å². The lowest BCUT2D eigenvalue weighted by atomic mass is 10.00. The zero-order valence-electron chi connectivity index (χ0n) is 13.8. The van der Waals surface area contributed by atoms with Crippen molar-refractivity contribution >= 4 is 5.82 Å². The molecular formula is C18H24N4O. The summed E-state index contributed by atoms with van der Waals surface area (Å²) in [6.07, 6.45) is 7.92. The summed E-state index contributed by atoms with van der Waals surface area (Å²) < 4.78 is 0. The summed E-state index contributed by atoms with van der Waals surface area (Å²) in [5, 5.41) is 12.9. The van der Waals surface area contributed by atoms with Gasteiger partial charge in [-0.1, -0.05) is 6.42 Å². The van der Waals surface area contributed by atoms with Crippen molar-refractivity contribution in [2.75, 3.05) is 11.9 Å². The molecule has 1 aliphatic rings. The van der Waals surface area contributed by atoms with E-state index in [-0.39, 0.29) is 6.61 Å². The number of hydrogen-bond donors (Lipinski definition) is 2. The van der Waals surface area contributed by atoms with Gasteiger partial charge in [-0.15, -0.1) is 0 Å². The van der Waals surface area contributed by atoms with E-state index in [1.54, 1.807) is 12.4 Å². The van der Waals surface area contributed by atoms with Gasteiger partial charge in [0.05, 0.1) is 0 Å². The molecule has 23 heavy (non-hydrogen) atoms. The van der Waals surface area contributed by atoms with E-state index in [0.717, 1.165) is 35.5 Å². The van der Waals surface area contributed by atoms with Gasteiger partial charge in [0.2, 0.25) is 0 Å². The van der Waals surface area contributed by atoms with Crippen LogP contribution in [0, 0.1) is 19.8 Å². The van der Waals surface area contributed by atoms with Gasteiger partial charge >= 0.3 is 0 Å². The Hall–Kier alpha value is -2.01. The first-order valence-electron chi connectivity index (χ1n) is 8.32. The first-order chi connectivity index (χ1) is 11.2. The van der Waals surface area contributed by atoms with Crippen molar-refractivity contribution in [3.05, 3.63) is 35.8 Å². The molecule has 1 saturated carbocycles. The molecule has 1 aliphatic carbocycles. The molecule has 0 spiro atoms. The van der Waals surface area contributed by atoms with Crippen LogP contribution in [0.1, 0.15) is 36.9 Å². The molecule has 5 heteroatoms. The van der Waals surface area contributed by atoms with E-state index in [9.17, 15) is 5.11 Å². The van der Waals surface area contributed by atoms with E-state index in [1.165, 1.54) is 12.8 Å². The van der Waals surface area contributed by atoms with Crippen LogP contribution in [0.4, 0.5) is 5.82 Å². The smallest absolute Gasteiger partial charge is 0.163 e. The van der Waals surface area contributed by atoms with E-state index in [0.29, 0.717) is 17.8 Å². The summed E-state index contributed by atoms with van der Waals surface area (Å²) in [5.41, 5.74) is 3.00. The minimum atomic E-state index is 0.256. The quantitative estimate of drug-likeness (QED) is 0.887. The van der Waals surface area contributed by atoms with Crippen LogP contribution in [-0.2, 0) is 0 Å². The SMILES string of the molecule is Cc1nc(-c2cccnc2)nc(NC2CCCC2CCO)c1C. The minimum absolute atomic E-state index is 0.256. The standard InChI is InChI=1S/C18H24N4O/c1-12-13(2)20-18(15-6-4-9-19-11-15)22-17(12)21-16-7-3-5-14(16)8-10-23/h4,6,9,11,14,16,23H,3,5,7-8,10H2,1-2H3,(H,20,21,22). The third-order valence-electron chi connectivity index (χ3n) is 4.79. The maximum atomic E-state index is 9.24. The molecule has 2 N–H and O–H groups in total. The molecule has 2 aromatic rings. The zero-order chi connectivity index (χ0) is 16.2. The van der Waals surface area contributed by atoms with Crippen molar-refractivity contribution in [1.82, 2.24) is 15.0 Å². The fourth-order valence-corrected chi connectivity index (χ4v) is 3.31. The lowest BCUT2D eigenvalue weighted by Crippen LogP contribution is -2.26. The Morgan fingerprint density at radius 1 is 1.26 bits per heavy atom. The second-order valence-corrected chi connectivity index (χ2v) is 6.30. The normalized spacial score (nSPS) is 20.7. The van der Waals surface area contributed by atoms with E-state index < -0.39 is 0 Å². The van der Waals surface area contributed by atoms with Crippen LogP contribution in [0.25, 0.3) is 11.4 Å². The van der Waals surface area contributed by atoms with Gasteiger partial charge in [-0.2, -0.15) is 0 Å². The molecule has 1 fully saturated rings. The molecule has 0 radical (unpaired) electrons. The second kappa shape index (κ2) is 7.04. The Morgan fingerprint density at radius 2 is 2.13 bits per heavy atom. The van der Waals surface area contributed by atoms with Crippen LogP contribution in [0.5, 0.6) is 0 Å². The Bertz CT molecular complexity index is 660. The molecule has 2 atom stereocenters. The van der Waals surface area contributed by atoms with E-state index in [1.807, 2.05) is 19.1 Å². The Morgan fingerprint density at radius 3 is 2.87 bits per heavy atom. The minimum Gasteiger partial charge on any atom is -0.396 e. The predicted octanol–water partition coefficient (Wildman–Crippen LogP) is 3.12. The second-order valence-electron chi connectivity index (χ2n) is 6.30. The van der Waals surface area contributed by atoms with Gasteiger partial charge in [-0.3, -0.25) is 4.98 Å². The van der Waals surface area contributed by atoms with Crippen LogP contribution in [0.15, 0.2) is 24.5 Å². The molecular weight excluding hydrogens is 288 g/mol. The van der Waals surface area contributed by atoms with Crippen molar-refractivity contribution in [3.8, 4) is 11.4 Å². The monoisotopic (exact) mass is 312 g/mol. The van der Waals surface area contributed by atoms with Gasteiger partial charge in [0.1, 0.15) is 5.82 Å². The third kappa shape index (κ3) is 3.50. The van der Waals surface area contributed by atoms with Gasteiger partial charge in [0, 0.05) is 41.9 Å². The first-order valence-corrected chi connectivity index (χ1v) is 8.32. The molecule has 0 aromatic carbocycles. The van der Waals surface area contributed by atoms with Crippen LogP contribution in [0.2, 0.25) is 0 Å². The summed E-state index contributed by atoms with van der Waals surface area (Å²) in [7, 11) is 0. The van der Waals surface area contributed by atoms with Crippen molar-refractivity contribution in [1.29, 1.82) is 0 Å². The van der Waals surface area contributed by atoms with E-state index in [2.05, 4.69) is 22.2 Å². The number of aromatic nitrogens is 3. The Labute approximate surface area is 137 Å². The molecule has 0 aliphatic heterocycles. The maximum Gasteiger partial charge on any atom is 0.163 e. The molecule has 0 amide bonds. The number of aryl methyl sites for hydroxylation is 1. The van der Waals surface area contributed by atoms with Gasteiger partial charge in [-0.05, 0) is 51.2 Å². The summed E-state index contributed by atoms with van der Waals surface area (Å²) in [6, 6.07) is 4.26. The molecule has 0 bridgehead atoms. The largest absolute Gasteiger partial charge is 0.396 e. The van der Waals surface area contributed by atoms with Gasteiger partial charge in [-0.25, -0.2) is 9.97 Å². The number of anilines is 1. The van der Waals surface area contributed by atoms with E-state index in [4.69, 9.17) is 4.98 Å². The molecule has 0 saturated heterocycles. The van der Waals surface area contributed by atoms with Gasteiger partial charge in [0.15, 0.2) is 5.82 Å². The molecule has 5 nitrogen and oxygen atoms in total. The number of pyridine rings is 1. The number of aliphatic hydroxyl groups is 1. The highest BCUT2D eigenvalue weighted by Crippen LogP contribution is 2.32. The van der Waals surface area contributed by atoms with Crippen molar-refractivity contribution in [2.45, 2.75) is 45.6 Å². The highest BCUT2D eigenvalue weighted by atomic mass is 16.3. The number of rotatable bonds is 5. The Kier molecular flexibility index (Phi) is 4.86. The van der Waals surface area contributed by atoms with Gasteiger partial charge < -0.3 is 10.4 Å². The highest BCUT2D eigenvalue weighted by Gasteiger charge is 2.27. The molecule has 2 aromatic heterocycles. The summed E-state index contributed by atoms with van der Waals surface area (Å²) in [6.45, 7) is 4.33. The van der Waals surface area contributed by atoms with E-state index >= 15 is 0 Å².